The fourth-order valence-corrected chi connectivity index (χ4v) is 4.55. The molecule has 0 saturated heterocycles. The average molecular weight is 493 g/mol. The summed E-state index contributed by atoms with van der Waals surface area (Å²) in [7, 11) is 2.48. The molecule has 0 atom stereocenters. The largest absolute Gasteiger partial charge is 1.00 e. The molecule has 30 heavy (non-hydrogen) atoms. The highest BCUT2D eigenvalue weighted by Gasteiger charge is 2.20. The van der Waals surface area contributed by atoms with Gasteiger partial charge in [0.15, 0.2) is 0 Å². The van der Waals surface area contributed by atoms with E-state index >= 15 is 0 Å². The predicted octanol–water partition coefficient (Wildman–Crippen LogP) is 5.27. The van der Waals surface area contributed by atoms with Crippen molar-refractivity contribution in [1.82, 2.24) is 0 Å². The van der Waals surface area contributed by atoms with Gasteiger partial charge in [-0.2, -0.15) is 0 Å². The van der Waals surface area contributed by atoms with Crippen LogP contribution in [-0.4, -0.2) is 42.9 Å². The van der Waals surface area contributed by atoms with Crippen LogP contribution in [0.15, 0.2) is 0 Å². The van der Waals surface area contributed by atoms with E-state index in [1.807, 2.05) is 0 Å². The molecule has 0 unspecified atom stereocenters. The molecule has 184 valence electrons. The van der Waals surface area contributed by atoms with Crippen LogP contribution in [0.2, 0.25) is 0 Å². The number of nitrogens with zero attached hydrogens (tertiary/aromatic N) is 1. The van der Waals surface area contributed by atoms with Crippen molar-refractivity contribution in [2.75, 3.05) is 33.3 Å². The molecule has 0 saturated carbocycles. The van der Waals surface area contributed by atoms with Gasteiger partial charge < -0.3 is 26.6 Å². The monoisotopic (exact) mass is 491 g/mol. The molecule has 1 N–H and O–H groups in total. The summed E-state index contributed by atoms with van der Waals surface area (Å²) in [6.45, 7) is 8.90. The lowest BCUT2D eigenvalue weighted by Gasteiger charge is -2.35. The molecule has 3 heteroatoms. The minimum absolute atomic E-state index is 0. The summed E-state index contributed by atoms with van der Waals surface area (Å²) in [4.78, 5) is 0. The molecule has 2 nitrogen and oxygen atoms in total. The van der Waals surface area contributed by atoms with E-state index in [2.05, 4.69) is 20.9 Å². The highest BCUT2D eigenvalue weighted by Crippen LogP contribution is 2.16. The van der Waals surface area contributed by atoms with Crippen LogP contribution >= 0.6 is 0 Å². The van der Waals surface area contributed by atoms with E-state index in [1.54, 1.807) is 0 Å². The van der Waals surface area contributed by atoms with Crippen molar-refractivity contribution in [2.24, 2.45) is 0 Å². The first-order valence-corrected chi connectivity index (χ1v) is 13.6. The lowest BCUT2D eigenvalue weighted by Crippen LogP contribution is -3.00. The molecule has 0 spiro atoms. The zero-order valence-corrected chi connectivity index (χ0v) is 22.8. The van der Waals surface area contributed by atoms with Crippen LogP contribution in [0.1, 0.15) is 142 Å². The maximum Gasteiger partial charge on any atom is 0.0785 e. The van der Waals surface area contributed by atoms with Crippen LogP contribution in [0.5, 0.6) is 0 Å². The Hall–Kier alpha value is 0.400. The van der Waals surface area contributed by atoms with E-state index in [-0.39, 0.29) is 17.0 Å². The topological polar surface area (TPSA) is 20.2 Å². The zero-order valence-electron chi connectivity index (χ0n) is 21.2. The standard InChI is InChI=1S/C27H58NO.BrH/c1-4-6-8-10-12-14-16-18-20-24-28(3,26-22-23-27-29)25-21-19-17-15-13-11-9-7-5-2;/h29H,4-27H2,1-3H3;1H/q+1;/p-1. The smallest absolute Gasteiger partial charge is 0.0785 e. The maximum atomic E-state index is 9.16. The maximum absolute atomic E-state index is 9.16. The number of aliphatic hydroxyl groups excluding tert-OH is 1. The normalized spacial score (nSPS) is 11.6. The molecule has 0 aromatic heterocycles. The molecule has 0 aromatic rings. The number of rotatable bonds is 24. The van der Waals surface area contributed by atoms with Gasteiger partial charge in [0, 0.05) is 6.61 Å². The van der Waals surface area contributed by atoms with Crippen molar-refractivity contribution in [3.05, 3.63) is 0 Å². The summed E-state index contributed by atoms with van der Waals surface area (Å²) in [5, 5.41) is 9.16. The molecule has 0 aliphatic carbocycles. The zero-order chi connectivity index (χ0) is 21.5. The van der Waals surface area contributed by atoms with Crippen LogP contribution in [0.4, 0.5) is 0 Å². The third-order valence-corrected chi connectivity index (χ3v) is 6.71. The number of hydrogen-bond acceptors (Lipinski definition) is 1. The molecular formula is C27H58BrNO. The molecule has 0 bridgehead atoms. The van der Waals surface area contributed by atoms with Crippen molar-refractivity contribution in [3.8, 4) is 0 Å². The lowest BCUT2D eigenvalue weighted by atomic mass is 10.1. The summed E-state index contributed by atoms with van der Waals surface area (Å²) in [6, 6.07) is 0. The molecule has 0 heterocycles. The van der Waals surface area contributed by atoms with Crippen molar-refractivity contribution >= 4 is 0 Å². The van der Waals surface area contributed by atoms with Crippen molar-refractivity contribution in [2.45, 2.75) is 142 Å². The van der Waals surface area contributed by atoms with Crippen LogP contribution in [0, 0.1) is 0 Å². The molecule has 0 rings (SSSR count). The Balaban J connectivity index is 0. The third-order valence-electron chi connectivity index (χ3n) is 6.71. The molecule has 0 aromatic carbocycles. The first-order valence-electron chi connectivity index (χ1n) is 13.6. The number of unbranched alkanes of at least 4 members (excludes halogenated alkanes) is 17. The van der Waals surface area contributed by atoms with Crippen LogP contribution in [-0.2, 0) is 0 Å². The SMILES string of the molecule is CCCCCCCCCCC[N+](C)(CCCCO)CCCCCCCCCCC.[Br-]. The Morgan fingerprint density at radius 2 is 0.700 bits per heavy atom. The van der Waals surface area contributed by atoms with Gasteiger partial charge in [0.2, 0.25) is 0 Å². The van der Waals surface area contributed by atoms with Gasteiger partial charge in [-0.05, 0) is 38.5 Å². The molecule has 0 amide bonds. The van der Waals surface area contributed by atoms with Crippen molar-refractivity contribution in [3.63, 3.8) is 0 Å². The minimum Gasteiger partial charge on any atom is -1.00 e. The second-order valence-corrected chi connectivity index (χ2v) is 9.88. The van der Waals surface area contributed by atoms with Gasteiger partial charge in [-0.25, -0.2) is 0 Å². The van der Waals surface area contributed by atoms with E-state index < -0.39 is 0 Å². The van der Waals surface area contributed by atoms with Gasteiger partial charge in [-0.15, -0.1) is 0 Å². The summed E-state index contributed by atoms with van der Waals surface area (Å²) in [5.74, 6) is 0. The fraction of sp³-hybridized carbons (Fsp3) is 1.00. The van der Waals surface area contributed by atoms with Crippen molar-refractivity contribution in [1.29, 1.82) is 0 Å². The van der Waals surface area contributed by atoms with Crippen LogP contribution < -0.4 is 17.0 Å². The van der Waals surface area contributed by atoms with Crippen LogP contribution in [0.3, 0.4) is 0 Å². The first kappa shape index (κ1) is 32.6. The van der Waals surface area contributed by atoms with Gasteiger partial charge in [0.05, 0.1) is 26.7 Å². The summed E-state index contributed by atoms with van der Waals surface area (Å²) >= 11 is 0. The Morgan fingerprint density at radius 3 is 1.00 bits per heavy atom. The van der Waals surface area contributed by atoms with E-state index in [0.717, 1.165) is 6.42 Å². The van der Waals surface area contributed by atoms with Gasteiger partial charge in [0.1, 0.15) is 0 Å². The number of aliphatic hydroxyl groups is 1. The highest BCUT2D eigenvalue weighted by molar-refractivity contribution is 4.51. The summed E-state index contributed by atoms with van der Waals surface area (Å²) in [6.07, 6.45) is 27.7. The second-order valence-electron chi connectivity index (χ2n) is 9.88. The third kappa shape index (κ3) is 23.1. The predicted molar refractivity (Wildman–Crippen MR) is 132 cm³/mol. The Labute approximate surface area is 202 Å². The van der Waals surface area contributed by atoms with Gasteiger partial charge in [-0.3, -0.25) is 0 Å². The Morgan fingerprint density at radius 1 is 0.433 bits per heavy atom. The Bertz CT molecular complexity index is 289. The van der Waals surface area contributed by atoms with E-state index in [4.69, 9.17) is 5.11 Å². The van der Waals surface area contributed by atoms with Crippen molar-refractivity contribution < 1.29 is 26.6 Å². The first-order chi connectivity index (χ1) is 14.2. The second kappa shape index (κ2) is 25.7. The fourth-order valence-electron chi connectivity index (χ4n) is 4.55. The molecule has 0 fully saturated rings. The highest BCUT2D eigenvalue weighted by atomic mass is 79.9. The number of halogens is 1. The number of quaternary nitrogens is 1. The average Bonchev–Trinajstić information content (AvgIpc) is 2.72. The molecule has 0 aliphatic rings. The van der Waals surface area contributed by atoms with Gasteiger partial charge in [0.25, 0.3) is 0 Å². The summed E-state index contributed by atoms with van der Waals surface area (Å²) in [5.41, 5.74) is 0. The van der Waals surface area contributed by atoms with E-state index in [0.29, 0.717) is 6.61 Å². The van der Waals surface area contributed by atoms with E-state index in [9.17, 15) is 0 Å². The quantitative estimate of drug-likeness (QED) is 0.144. The van der Waals surface area contributed by atoms with E-state index in [1.165, 1.54) is 146 Å². The molecule has 0 radical (unpaired) electrons. The molecular weight excluding hydrogens is 434 g/mol. The van der Waals surface area contributed by atoms with Gasteiger partial charge >= 0.3 is 0 Å². The minimum atomic E-state index is 0. The number of hydrogen-bond donors (Lipinski definition) is 1. The summed E-state index contributed by atoms with van der Waals surface area (Å²) < 4.78 is 1.24. The van der Waals surface area contributed by atoms with Gasteiger partial charge in [-0.1, -0.05) is 104 Å². The lowest BCUT2D eigenvalue weighted by molar-refractivity contribution is -0.910. The molecule has 0 aliphatic heterocycles. The van der Waals surface area contributed by atoms with Crippen LogP contribution in [0.25, 0.3) is 0 Å². The Kier molecular flexibility index (Phi) is 27.9.